The quantitative estimate of drug-likeness (QED) is 0.830. The van der Waals surface area contributed by atoms with Crippen LogP contribution < -0.4 is 5.32 Å². The van der Waals surface area contributed by atoms with Crippen LogP contribution in [0.15, 0.2) is 12.1 Å². The van der Waals surface area contributed by atoms with E-state index in [0.717, 1.165) is 25.1 Å². The van der Waals surface area contributed by atoms with Crippen molar-refractivity contribution >= 4 is 0 Å². The molecule has 1 aliphatic rings. The minimum absolute atomic E-state index is 0.411. The second-order valence-electron chi connectivity index (χ2n) is 4.87. The molecule has 0 heterocycles. The molecule has 1 fully saturated rings. The van der Waals surface area contributed by atoms with E-state index in [0.29, 0.717) is 17.5 Å². The molecule has 2 rings (SSSR count). The van der Waals surface area contributed by atoms with Gasteiger partial charge in [-0.15, -0.1) is 0 Å². The van der Waals surface area contributed by atoms with Gasteiger partial charge in [0.1, 0.15) is 0 Å². The zero-order valence-electron chi connectivity index (χ0n) is 9.89. The van der Waals surface area contributed by atoms with Gasteiger partial charge in [0.25, 0.3) is 0 Å². The molecule has 0 bridgehead atoms. The highest BCUT2D eigenvalue weighted by atomic mass is 19.1. The van der Waals surface area contributed by atoms with Crippen LogP contribution in [0.3, 0.4) is 0 Å². The first-order chi connectivity index (χ1) is 8.06. The summed E-state index contributed by atoms with van der Waals surface area (Å²) in [5.41, 5.74) is 0.929. The van der Waals surface area contributed by atoms with Crippen LogP contribution in [0.4, 0.5) is 8.78 Å². The highest BCUT2D eigenvalue weighted by Gasteiger charge is 2.39. The first-order valence-corrected chi connectivity index (χ1v) is 5.94. The molecule has 0 radical (unpaired) electrons. The van der Waals surface area contributed by atoms with Gasteiger partial charge in [-0.05, 0) is 42.4 Å². The molecule has 0 aliphatic heterocycles. The third-order valence-corrected chi connectivity index (χ3v) is 3.61. The number of phenols is 1. The van der Waals surface area contributed by atoms with Gasteiger partial charge in [-0.2, -0.15) is 0 Å². The van der Waals surface area contributed by atoms with Crippen LogP contribution in [-0.2, 0) is 6.54 Å². The van der Waals surface area contributed by atoms with Gasteiger partial charge in [0.2, 0.25) is 0 Å². The van der Waals surface area contributed by atoms with E-state index in [1.54, 1.807) is 0 Å². The molecular weight excluding hydrogens is 224 g/mol. The Morgan fingerprint density at radius 3 is 2.35 bits per heavy atom. The molecule has 4 heteroatoms. The fourth-order valence-corrected chi connectivity index (χ4v) is 2.02. The zero-order chi connectivity index (χ0) is 12.5. The van der Waals surface area contributed by atoms with Gasteiger partial charge in [-0.3, -0.25) is 0 Å². The second kappa shape index (κ2) is 4.61. The molecule has 0 atom stereocenters. The average molecular weight is 241 g/mol. The number of rotatable bonds is 5. The van der Waals surface area contributed by atoms with Crippen LogP contribution in [0.1, 0.15) is 31.7 Å². The van der Waals surface area contributed by atoms with Crippen molar-refractivity contribution in [2.45, 2.75) is 32.7 Å². The molecule has 0 spiro atoms. The van der Waals surface area contributed by atoms with E-state index in [2.05, 4.69) is 12.2 Å². The van der Waals surface area contributed by atoms with Gasteiger partial charge in [0.05, 0.1) is 0 Å². The Balaban J connectivity index is 1.91. The summed E-state index contributed by atoms with van der Waals surface area (Å²) in [7, 11) is 0. The molecule has 2 nitrogen and oxygen atoms in total. The maximum absolute atomic E-state index is 13.1. The normalized spacial score (nSPS) is 17.1. The number of hydrogen-bond donors (Lipinski definition) is 2. The second-order valence-corrected chi connectivity index (χ2v) is 4.87. The van der Waals surface area contributed by atoms with Crippen LogP contribution in [0.2, 0.25) is 0 Å². The Bertz CT molecular complexity index is 393. The Morgan fingerprint density at radius 1 is 1.29 bits per heavy atom. The third kappa shape index (κ3) is 2.75. The number of aromatic hydroxyl groups is 1. The average Bonchev–Trinajstić information content (AvgIpc) is 3.06. The molecule has 1 aliphatic carbocycles. The predicted octanol–water partition coefficient (Wildman–Crippen LogP) is 2.95. The Kier molecular flexibility index (Phi) is 3.33. The number of hydrogen-bond acceptors (Lipinski definition) is 2. The first-order valence-electron chi connectivity index (χ1n) is 5.94. The summed E-state index contributed by atoms with van der Waals surface area (Å²) < 4.78 is 26.1. The monoisotopic (exact) mass is 241 g/mol. The van der Waals surface area contributed by atoms with Crippen molar-refractivity contribution < 1.29 is 13.9 Å². The Hall–Kier alpha value is -1.16. The van der Waals surface area contributed by atoms with E-state index in [1.807, 2.05) is 0 Å². The molecule has 17 heavy (non-hydrogen) atoms. The van der Waals surface area contributed by atoms with E-state index in [9.17, 15) is 8.78 Å². The summed E-state index contributed by atoms with van der Waals surface area (Å²) >= 11 is 0. The topological polar surface area (TPSA) is 32.3 Å². The molecular formula is C13H17F2NO. The maximum Gasteiger partial charge on any atom is 0.187 e. The molecule has 1 aromatic rings. The lowest BCUT2D eigenvalue weighted by molar-refractivity contribution is 0.394. The van der Waals surface area contributed by atoms with Gasteiger partial charge in [-0.1, -0.05) is 6.92 Å². The van der Waals surface area contributed by atoms with Crippen molar-refractivity contribution in [1.29, 1.82) is 0 Å². The van der Waals surface area contributed by atoms with Crippen molar-refractivity contribution in [3.63, 3.8) is 0 Å². The smallest absolute Gasteiger partial charge is 0.187 e. The van der Waals surface area contributed by atoms with Crippen LogP contribution in [0.5, 0.6) is 5.75 Å². The van der Waals surface area contributed by atoms with Gasteiger partial charge in [-0.25, -0.2) is 8.78 Å². The Labute approximate surface area is 99.7 Å². The van der Waals surface area contributed by atoms with Crippen molar-refractivity contribution in [1.82, 2.24) is 5.32 Å². The Morgan fingerprint density at radius 2 is 1.88 bits per heavy atom. The highest BCUT2D eigenvalue weighted by Crippen LogP contribution is 2.47. The van der Waals surface area contributed by atoms with Crippen molar-refractivity contribution in [3.8, 4) is 5.75 Å². The van der Waals surface area contributed by atoms with Crippen LogP contribution >= 0.6 is 0 Å². The van der Waals surface area contributed by atoms with Crippen LogP contribution in [-0.4, -0.2) is 11.7 Å². The van der Waals surface area contributed by atoms with Gasteiger partial charge in [0.15, 0.2) is 17.4 Å². The fourth-order valence-electron chi connectivity index (χ4n) is 2.02. The molecule has 0 saturated heterocycles. The molecule has 0 unspecified atom stereocenters. The predicted molar refractivity (Wildman–Crippen MR) is 61.7 cm³/mol. The van der Waals surface area contributed by atoms with Crippen molar-refractivity contribution in [3.05, 3.63) is 29.3 Å². The molecule has 0 aromatic heterocycles. The fraction of sp³-hybridized carbons (Fsp3) is 0.538. The van der Waals surface area contributed by atoms with E-state index in [1.165, 1.54) is 12.8 Å². The lowest BCUT2D eigenvalue weighted by Crippen LogP contribution is -2.23. The molecule has 1 aromatic carbocycles. The van der Waals surface area contributed by atoms with E-state index in [4.69, 9.17) is 5.11 Å². The minimum Gasteiger partial charge on any atom is -0.503 e. The SMILES string of the molecule is CCC1(CNCc2cc(F)c(O)c(F)c2)CC1. The number of benzene rings is 1. The highest BCUT2D eigenvalue weighted by molar-refractivity contribution is 5.29. The number of halogens is 2. The summed E-state index contributed by atoms with van der Waals surface area (Å²) in [6.07, 6.45) is 3.60. The largest absolute Gasteiger partial charge is 0.503 e. The standard InChI is InChI=1S/C13H17F2NO/c1-2-13(3-4-13)8-16-7-9-5-10(14)12(17)11(15)6-9/h5-6,16-17H,2-4,7-8H2,1H3. The van der Waals surface area contributed by atoms with E-state index in [-0.39, 0.29) is 0 Å². The lowest BCUT2D eigenvalue weighted by atomic mass is 10.0. The minimum atomic E-state index is -0.904. The van der Waals surface area contributed by atoms with Crippen molar-refractivity contribution in [2.75, 3.05) is 6.54 Å². The maximum atomic E-state index is 13.1. The van der Waals surface area contributed by atoms with Gasteiger partial charge in [0, 0.05) is 13.1 Å². The summed E-state index contributed by atoms with van der Waals surface area (Å²) in [6, 6.07) is 2.33. The summed E-state index contributed by atoms with van der Waals surface area (Å²) in [6.45, 7) is 3.47. The number of phenolic OH excluding ortho intramolecular Hbond substituents is 1. The molecule has 2 N–H and O–H groups in total. The van der Waals surface area contributed by atoms with E-state index >= 15 is 0 Å². The first kappa shape index (κ1) is 12.3. The van der Waals surface area contributed by atoms with Crippen LogP contribution in [0, 0.1) is 17.0 Å². The number of nitrogens with one attached hydrogen (secondary N) is 1. The van der Waals surface area contributed by atoms with Crippen LogP contribution in [0.25, 0.3) is 0 Å². The zero-order valence-corrected chi connectivity index (χ0v) is 9.89. The van der Waals surface area contributed by atoms with Gasteiger partial charge >= 0.3 is 0 Å². The lowest BCUT2D eigenvalue weighted by Gasteiger charge is -2.13. The van der Waals surface area contributed by atoms with E-state index < -0.39 is 17.4 Å². The summed E-state index contributed by atoms with van der Waals surface area (Å²) in [4.78, 5) is 0. The van der Waals surface area contributed by atoms with Crippen molar-refractivity contribution in [2.24, 2.45) is 5.41 Å². The third-order valence-electron chi connectivity index (χ3n) is 3.61. The molecule has 94 valence electrons. The van der Waals surface area contributed by atoms with Gasteiger partial charge < -0.3 is 10.4 Å². The summed E-state index contributed by atoms with van der Waals surface area (Å²) in [5, 5.41) is 12.2. The summed E-state index contributed by atoms with van der Waals surface area (Å²) in [5.74, 6) is -2.71. The molecule has 0 amide bonds. The molecule has 1 saturated carbocycles.